The Balaban J connectivity index is 0.00000169. The third-order valence-electron chi connectivity index (χ3n) is 2.16. The van der Waals surface area contributed by atoms with E-state index in [1.165, 1.54) is 12.8 Å². The lowest BCUT2D eigenvalue weighted by Gasteiger charge is -2.10. The summed E-state index contributed by atoms with van der Waals surface area (Å²) in [6, 6.07) is 6.13. The van der Waals surface area contributed by atoms with Gasteiger partial charge >= 0.3 is 0 Å². The minimum absolute atomic E-state index is 0. The monoisotopic (exact) mass is 214 g/mol. The molecule has 1 aromatic rings. The normalized spacial score (nSPS) is 11.9. The fourth-order valence-corrected chi connectivity index (χ4v) is 1.34. The second-order valence-electron chi connectivity index (χ2n) is 3.45. The second-order valence-corrected chi connectivity index (χ2v) is 3.45. The summed E-state index contributed by atoms with van der Waals surface area (Å²) in [5.74, 6) is 0. The lowest BCUT2D eigenvalue weighted by atomic mass is 10.1. The largest absolute Gasteiger partial charge is 0.323 e. The third kappa shape index (κ3) is 4.07. The number of hydrogen-bond donors (Lipinski definition) is 1. The molecule has 2 nitrogen and oxygen atoms in total. The number of halogens is 1. The van der Waals surface area contributed by atoms with E-state index >= 15 is 0 Å². The molecule has 0 spiro atoms. The van der Waals surface area contributed by atoms with Crippen LogP contribution in [-0.2, 0) is 0 Å². The minimum Gasteiger partial charge on any atom is -0.323 e. The van der Waals surface area contributed by atoms with Gasteiger partial charge in [0.25, 0.3) is 0 Å². The Morgan fingerprint density at radius 3 is 2.71 bits per heavy atom. The van der Waals surface area contributed by atoms with Crippen molar-refractivity contribution in [1.82, 2.24) is 4.98 Å². The van der Waals surface area contributed by atoms with E-state index in [-0.39, 0.29) is 18.4 Å². The summed E-state index contributed by atoms with van der Waals surface area (Å²) in [6.45, 7) is 4.17. The summed E-state index contributed by atoms with van der Waals surface area (Å²) in [5, 5.41) is 0. The van der Waals surface area contributed by atoms with Crippen LogP contribution < -0.4 is 5.73 Å². The molecular weight excluding hydrogens is 196 g/mol. The van der Waals surface area contributed by atoms with E-state index in [4.69, 9.17) is 5.73 Å². The molecule has 0 radical (unpaired) electrons. The molecule has 0 aromatic carbocycles. The molecule has 3 heteroatoms. The molecule has 80 valence electrons. The lowest BCUT2D eigenvalue weighted by Crippen LogP contribution is -2.12. The molecule has 14 heavy (non-hydrogen) atoms. The van der Waals surface area contributed by atoms with Crippen LogP contribution >= 0.6 is 12.4 Å². The Morgan fingerprint density at radius 1 is 1.43 bits per heavy atom. The van der Waals surface area contributed by atoms with Crippen LogP contribution in [0.3, 0.4) is 0 Å². The van der Waals surface area contributed by atoms with Crippen molar-refractivity contribution in [3.8, 4) is 0 Å². The maximum atomic E-state index is 5.99. The highest BCUT2D eigenvalue weighted by Crippen LogP contribution is 2.14. The summed E-state index contributed by atoms with van der Waals surface area (Å²) in [6.07, 6.45) is 3.41. The predicted octanol–water partition coefficient (Wildman–Crippen LogP) is 3.00. The fraction of sp³-hybridized carbons (Fsp3) is 0.545. The Labute approximate surface area is 92.3 Å². The van der Waals surface area contributed by atoms with Gasteiger partial charge in [0.1, 0.15) is 0 Å². The van der Waals surface area contributed by atoms with Gasteiger partial charge in [-0.25, -0.2) is 0 Å². The average Bonchev–Trinajstić information content (AvgIpc) is 2.14. The van der Waals surface area contributed by atoms with E-state index in [1.54, 1.807) is 0 Å². The van der Waals surface area contributed by atoms with Crippen molar-refractivity contribution in [3.63, 3.8) is 0 Å². The van der Waals surface area contributed by atoms with Gasteiger partial charge in [-0.2, -0.15) is 0 Å². The SMILES string of the molecule is CCCCC(N)c1cccc(C)n1.Cl. The van der Waals surface area contributed by atoms with E-state index in [2.05, 4.69) is 11.9 Å². The molecule has 0 saturated heterocycles. The fourth-order valence-electron chi connectivity index (χ4n) is 1.34. The number of pyridine rings is 1. The van der Waals surface area contributed by atoms with Gasteiger partial charge < -0.3 is 5.73 Å². The van der Waals surface area contributed by atoms with E-state index in [1.807, 2.05) is 25.1 Å². The zero-order valence-electron chi connectivity index (χ0n) is 8.86. The summed E-state index contributed by atoms with van der Waals surface area (Å²) in [5.41, 5.74) is 8.05. The molecule has 0 amide bonds. The first-order chi connectivity index (χ1) is 6.24. The van der Waals surface area contributed by atoms with Gasteiger partial charge in [0, 0.05) is 11.7 Å². The van der Waals surface area contributed by atoms with Crippen LogP contribution in [0.1, 0.15) is 43.6 Å². The molecule has 1 unspecified atom stereocenters. The predicted molar refractivity (Wildman–Crippen MR) is 62.7 cm³/mol. The number of aromatic nitrogens is 1. The molecule has 1 heterocycles. The van der Waals surface area contributed by atoms with Gasteiger partial charge in [0.05, 0.1) is 5.69 Å². The van der Waals surface area contributed by atoms with Crippen LogP contribution in [0, 0.1) is 6.92 Å². The zero-order chi connectivity index (χ0) is 9.68. The van der Waals surface area contributed by atoms with Crippen LogP contribution in [0.5, 0.6) is 0 Å². The molecular formula is C11H19ClN2. The minimum atomic E-state index is 0. The van der Waals surface area contributed by atoms with E-state index in [0.717, 1.165) is 17.8 Å². The Hall–Kier alpha value is -0.600. The van der Waals surface area contributed by atoms with Crippen LogP contribution in [-0.4, -0.2) is 4.98 Å². The van der Waals surface area contributed by atoms with Gasteiger partial charge in [-0.05, 0) is 25.5 Å². The lowest BCUT2D eigenvalue weighted by molar-refractivity contribution is 0.589. The molecule has 0 saturated carbocycles. The van der Waals surface area contributed by atoms with Crippen molar-refractivity contribution in [1.29, 1.82) is 0 Å². The first-order valence-electron chi connectivity index (χ1n) is 4.93. The zero-order valence-corrected chi connectivity index (χ0v) is 9.68. The molecule has 0 bridgehead atoms. The summed E-state index contributed by atoms with van der Waals surface area (Å²) in [7, 11) is 0. The molecule has 0 aliphatic rings. The van der Waals surface area contributed by atoms with Crippen LogP contribution in [0.25, 0.3) is 0 Å². The van der Waals surface area contributed by atoms with Gasteiger partial charge in [-0.1, -0.05) is 25.8 Å². The maximum Gasteiger partial charge on any atom is 0.0574 e. The Morgan fingerprint density at radius 2 is 2.14 bits per heavy atom. The maximum absolute atomic E-state index is 5.99. The quantitative estimate of drug-likeness (QED) is 0.837. The van der Waals surface area contributed by atoms with Crippen molar-refractivity contribution in [2.75, 3.05) is 0 Å². The highest BCUT2D eigenvalue weighted by Gasteiger charge is 2.05. The third-order valence-corrected chi connectivity index (χ3v) is 2.16. The van der Waals surface area contributed by atoms with Crippen molar-refractivity contribution < 1.29 is 0 Å². The van der Waals surface area contributed by atoms with Crippen molar-refractivity contribution in [2.45, 2.75) is 39.2 Å². The van der Waals surface area contributed by atoms with E-state index in [0.29, 0.717) is 0 Å². The van der Waals surface area contributed by atoms with Gasteiger partial charge in [0.2, 0.25) is 0 Å². The highest BCUT2D eigenvalue weighted by atomic mass is 35.5. The van der Waals surface area contributed by atoms with Crippen molar-refractivity contribution in [3.05, 3.63) is 29.6 Å². The number of nitrogens with two attached hydrogens (primary N) is 1. The first kappa shape index (κ1) is 13.4. The number of hydrogen-bond acceptors (Lipinski definition) is 2. The summed E-state index contributed by atoms with van der Waals surface area (Å²) in [4.78, 5) is 4.40. The average molecular weight is 215 g/mol. The smallest absolute Gasteiger partial charge is 0.0574 e. The van der Waals surface area contributed by atoms with Crippen LogP contribution in [0.2, 0.25) is 0 Å². The number of nitrogens with zero attached hydrogens (tertiary/aromatic N) is 1. The molecule has 0 fully saturated rings. The second kappa shape index (κ2) is 6.80. The van der Waals surface area contributed by atoms with E-state index < -0.39 is 0 Å². The van der Waals surface area contributed by atoms with Gasteiger partial charge in [0.15, 0.2) is 0 Å². The molecule has 2 N–H and O–H groups in total. The van der Waals surface area contributed by atoms with Crippen LogP contribution in [0.4, 0.5) is 0 Å². The number of aryl methyl sites for hydroxylation is 1. The number of rotatable bonds is 4. The first-order valence-corrected chi connectivity index (χ1v) is 4.93. The molecule has 1 rings (SSSR count). The summed E-state index contributed by atoms with van der Waals surface area (Å²) >= 11 is 0. The van der Waals surface area contributed by atoms with Crippen molar-refractivity contribution in [2.24, 2.45) is 5.73 Å². The van der Waals surface area contributed by atoms with Crippen LogP contribution in [0.15, 0.2) is 18.2 Å². The highest BCUT2D eigenvalue weighted by molar-refractivity contribution is 5.85. The molecule has 0 aliphatic heterocycles. The molecule has 1 aromatic heterocycles. The van der Waals surface area contributed by atoms with Gasteiger partial charge in [-0.3, -0.25) is 4.98 Å². The standard InChI is InChI=1S/C11H18N2.ClH/c1-3-4-7-10(12)11-8-5-6-9(2)13-11;/h5-6,8,10H,3-4,7,12H2,1-2H3;1H. The van der Waals surface area contributed by atoms with Crippen molar-refractivity contribution >= 4 is 12.4 Å². The Bertz CT molecular complexity index is 263. The Kier molecular flexibility index (Phi) is 6.50. The molecule has 1 atom stereocenters. The van der Waals surface area contributed by atoms with Gasteiger partial charge in [-0.15, -0.1) is 12.4 Å². The number of unbranched alkanes of at least 4 members (excludes halogenated alkanes) is 1. The van der Waals surface area contributed by atoms with E-state index in [9.17, 15) is 0 Å². The topological polar surface area (TPSA) is 38.9 Å². The molecule has 0 aliphatic carbocycles. The summed E-state index contributed by atoms with van der Waals surface area (Å²) < 4.78 is 0.